The van der Waals surface area contributed by atoms with Crippen LogP contribution in [-0.2, 0) is 27.9 Å². The molecule has 3 aromatic rings. The van der Waals surface area contributed by atoms with Gasteiger partial charge in [-0.1, -0.05) is 31.2 Å². The highest BCUT2D eigenvalue weighted by Crippen LogP contribution is 2.27. The van der Waals surface area contributed by atoms with Crippen molar-refractivity contribution in [3.8, 4) is 5.75 Å². The van der Waals surface area contributed by atoms with Gasteiger partial charge in [0.25, 0.3) is 0 Å². The number of anilines is 1. The van der Waals surface area contributed by atoms with Crippen LogP contribution in [0.15, 0.2) is 70.9 Å². The van der Waals surface area contributed by atoms with Crippen LogP contribution in [0.2, 0.25) is 0 Å². The van der Waals surface area contributed by atoms with Gasteiger partial charge in [-0.25, -0.2) is 8.42 Å². The van der Waals surface area contributed by atoms with Gasteiger partial charge in [-0.2, -0.15) is 4.31 Å². The van der Waals surface area contributed by atoms with Crippen LogP contribution < -0.4 is 10.1 Å². The molecule has 0 radical (unpaired) electrons. The number of methoxy groups -OCH3 is 1. The van der Waals surface area contributed by atoms with E-state index in [0.717, 1.165) is 10.4 Å². The Hall–Kier alpha value is -2.68. The van der Waals surface area contributed by atoms with Crippen molar-refractivity contribution < 1.29 is 17.9 Å². The predicted octanol–water partition coefficient (Wildman–Crippen LogP) is 4.50. The first-order valence-electron chi connectivity index (χ1n) is 9.48. The van der Waals surface area contributed by atoms with Gasteiger partial charge in [-0.3, -0.25) is 4.79 Å². The van der Waals surface area contributed by atoms with Crippen LogP contribution in [0, 0.1) is 0 Å². The lowest BCUT2D eigenvalue weighted by atomic mass is 10.2. The molecule has 0 aliphatic heterocycles. The van der Waals surface area contributed by atoms with Crippen molar-refractivity contribution in [2.24, 2.45) is 0 Å². The van der Waals surface area contributed by atoms with E-state index < -0.39 is 10.0 Å². The molecule has 1 aromatic heterocycles. The van der Waals surface area contributed by atoms with Gasteiger partial charge in [0.05, 0.1) is 12.0 Å². The molecule has 158 valence electrons. The van der Waals surface area contributed by atoms with Gasteiger partial charge in [0.15, 0.2) is 0 Å². The number of carbonyl (C=O) groups is 1. The second kappa shape index (κ2) is 9.88. The summed E-state index contributed by atoms with van der Waals surface area (Å²) in [4.78, 5) is 12.7. The predicted molar refractivity (Wildman–Crippen MR) is 119 cm³/mol. The third-order valence-corrected chi connectivity index (χ3v) is 7.22. The summed E-state index contributed by atoms with van der Waals surface area (Å²) in [6.45, 7) is 2.19. The molecule has 1 amide bonds. The van der Waals surface area contributed by atoms with Crippen LogP contribution >= 0.6 is 11.3 Å². The number of nitrogens with zero attached hydrogens (tertiary/aromatic N) is 1. The number of sulfonamides is 1. The Balaban J connectivity index is 1.92. The summed E-state index contributed by atoms with van der Waals surface area (Å²) in [5.74, 6) is 0.516. The molecule has 3 rings (SSSR count). The second-order valence-corrected chi connectivity index (χ2v) is 9.56. The van der Waals surface area contributed by atoms with E-state index in [1.54, 1.807) is 26.2 Å². The lowest BCUT2D eigenvalue weighted by Gasteiger charge is -2.23. The maximum atomic E-state index is 13.5. The number of hydrogen-bond donors (Lipinski definition) is 1. The average molecular weight is 445 g/mol. The van der Waals surface area contributed by atoms with Crippen molar-refractivity contribution in [3.05, 3.63) is 76.5 Å². The zero-order chi connectivity index (χ0) is 21.6. The Kier molecular flexibility index (Phi) is 7.25. The molecule has 1 N–H and O–H groups in total. The summed E-state index contributed by atoms with van der Waals surface area (Å²) < 4.78 is 33.8. The highest BCUT2D eigenvalue weighted by Gasteiger charge is 2.26. The van der Waals surface area contributed by atoms with E-state index >= 15 is 0 Å². The highest BCUT2D eigenvalue weighted by atomic mass is 32.2. The number of ether oxygens (including phenoxy) is 1. The van der Waals surface area contributed by atoms with Crippen LogP contribution in [0.4, 0.5) is 5.69 Å². The van der Waals surface area contributed by atoms with Crippen molar-refractivity contribution in [1.82, 2.24) is 4.31 Å². The molecule has 0 atom stereocenters. The van der Waals surface area contributed by atoms with Crippen LogP contribution in [-0.4, -0.2) is 25.7 Å². The lowest BCUT2D eigenvalue weighted by Crippen LogP contribution is -2.30. The molecule has 6 nitrogen and oxygen atoms in total. The van der Waals surface area contributed by atoms with Gasteiger partial charge in [-0.15, -0.1) is 11.3 Å². The number of rotatable bonds is 9. The first-order valence-corrected chi connectivity index (χ1v) is 11.8. The van der Waals surface area contributed by atoms with Gasteiger partial charge < -0.3 is 10.1 Å². The topological polar surface area (TPSA) is 75.7 Å². The van der Waals surface area contributed by atoms with E-state index in [9.17, 15) is 13.2 Å². The number of nitrogens with one attached hydrogen (secondary N) is 1. The van der Waals surface area contributed by atoms with Crippen LogP contribution in [0.5, 0.6) is 5.75 Å². The van der Waals surface area contributed by atoms with E-state index in [0.29, 0.717) is 17.9 Å². The third kappa shape index (κ3) is 5.27. The minimum atomic E-state index is -3.78. The Bertz CT molecular complexity index is 1080. The number of carbonyl (C=O) groups excluding carboxylic acids is 1. The number of thiophene rings is 1. The molecule has 30 heavy (non-hydrogen) atoms. The maximum absolute atomic E-state index is 13.5. The second-order valence-electron chi connectivity index (χ2n) is 6.59. The molecule has 8 heteroatoms. The summed E-state index contributed by atoms with van der Waals surface area (Å²) in [5.41, 5.74) is 1.35. The normalized spacial score (nSPS) is 11.4. The van der Waals surface area contributed by atoms with Crippen LogP contribution in [0.3, 0.4) is 0 Å². The molecule has 0 bridgehead atoms. The molecule has 0 unspecified atom stereocenters. The molecule has 2 aromatic carbocycles. The quantitative estimate of drug-likeness (QED) is 0.527. The SMILES string of the molecule is CCC(=O)Nc1ccc(S(=O)(=O)N(Cc2cccs2)Cc2ccccc2OC)cc1. The van der Waals surface area contributed by atoms with Crippen molar-refractivity contribution in [3.63, 3.8) is 0 Å². The smallest absolute Gasteiger partial charge is 0.243 e. The molecule has 0 spiro atoms. The fraction of sp³-hybridized carbons (Fsp3) is 0.227. The summed E-state index contributed by atoms with van der Waals surface area (Å²) in [5, 5.41) is 4.65. The largest absolute Gasteiger partial charge is 0.496 e. The fourth-order valence-corrected chi connectivity index (χ4v) is 5.13. The van der Waals surface area contributed by atoms with E-state index in [4.69, 9.17) is 4.74 Å². The van der Waals surface area contributed by atoms with Gasteiger partial charge >= 0.3 is 0 Å². The number of benzene rings is 2. The van der Waals surface area contributed by atoms with Gasteiger partial charge in [0.1, 0.15) is 5.75 Å². The molecule has 1 heterocycles. The minimum absolute atomic E-state index is 0.124. The van der Waals surface area contributed by atoms with E-state index in [2.05, 4.69) is 5.32 Å². The molecule has 0 fully saturated rings. The molecular weight excluding hydrogens is 420 g/mol. The van der Waals surface area contributed by atoms with Crippen molar-refractivity contribution >= 4 is 33.0 Å². The third-order valence-electron chi connectivity index (χ3n) is 4.55. The number of amides is 1. The Morgan fingerprint density at radius 2 is 1.77 bits per heavy atom. The van der Waals surface area contributed by atoms with Crippen molar-refractivity contribution in [2.45, 2.75) is 31.3 Å². The average Bonchev–Trinajstić information content (AvgIpc) is 3.27. The van der Waals surface area contributed by atoms with E-state index in [-0.39, 0.29) is 23.9 Å². The van der Waals surface area contributed by atoms with Gasteiger partial charge in [0.2, 0.25) is 15.9 Å². The van der Waals surface area contributed by atoms with Gasteiger partial charge in [0, 0.05) is 35.6 Å². The number of hydrogen-bond acceptors (Lipinski definition) is 5. The number of para-hydroxylation sites is 1. The summed E-state index contributed by atoms with van der Waals surface area (Å²) in [6.07, 6.45) is 0.355. The first kappa shape index (κ1) is 22.0. The summed E-state index contributed by atoms with van der Waals surface area (Å²) >= 11 is 1.51. The Labute approximate surface area is 181 Å². The fourth-order valence-electron chi connectivity index (χ4n) is 2.93. The monoisotopic (exact) mass is 444 g/mol. The van der Waals surface area contributed by atoms with Crippen LogP contribution in [0.25, 0.3) is 0 Å². The maximum Gasteiger partial charge on any atom is 0.243 e. The molecule has 0 saturated heterocycles. The molecule has 0 saturated carbocycles. The lowest BCUT2D eigenvalue weighted by molar-refractivity contribution is -0.115. The molecule has 0 aliphatic carbocycles. The summed E-state index contributed by atoms with van der Waals surface area (Å²) in [7, 11) is -2.21. The molecule has 0 aliphatic rings. The van der Waals surface area contributed by atoms with Crippen LogP contribution in [0.1, 0.15) is 23.8 Å². The highest BCUT2D eigenvalue weighted by molar-refractivity contribution is 7.89. The van der Waals surface area contributed by atoms with E-state index in [1.807, 2.05) is 41.8 Å². The Morgan fingerprint density at radius 3 is 2.40 bits per heavy atom. The first-order chi connectivity index (χ1) is 14.4. The summed E-state index contributed by atoms with van der Waals surface area (Å²) in [6, 6.07) is 17.4. The Morgan fingerprint density at radius 1 is 1.03 bits per heavy atom. The minimum Gasteiger partial charge on any atom is -0.496 e. The van der Waals surface area contributed by atoms with Gasteiger partial charge in [-0.05, 0) is 41.8 Å². The van der Waals surface area contributed by atoms with E-state index in [1.165, 1.54) is 27.8 Å². The molecular formula is C22H24N2O4S2. The van der Waals surface area contributed by atoms with Crippen molar-refractivity contribution in [2.75, 3.05) is 12.4 Å². The standard InChI is InChI=1S/C22H24N2O4S2/c1-3-22(25)23-18-10-12-20(13-11-18)30(26,27)24(16-19-8-6-14-29-19)15-17-7-4-5-9-21(17)28-2/h4-14H,3,15-16H2,1-2H3,(H,23,25). The zero-order valence-corrected chi connectivity index (χ0v) is 18.5. The van der Waals surface area contributed by atoms with Crippen molar-refractivity contribution in [1.29, 1.82) is 0 Å². The zero-order valence-electron chi connectivity index (χ0n) is 16.9.